The number of aryl methyl sites for hydroxylation is 1. The molecule has 3 heteroatoms. The molecule has 0 aromatic heterocycles. The molecule has 1 rings (SSSR count). The van der Waals surface area contributed by atoms with Gasteiger partial charge in [0.1, 0.15) is 5.75 Å². The molecule has 0 aliphatic rings. The van der Waals surface area contributed by atoms with Crippen molar-refractivity contribution in [2.75, 3.05) is 19.0 Å². The number of ether oxygens (including phenoxy) is 1. The first-order chi connectivity index (χ1) is 6.50. The zero-order chi connectivity index (χ0) is 10.7. The SMILES string of the molecule is CC(=O)Oc1ccc(N(C)C)c(C)c1. The van der Waals surface area contributed by atoms with Crippen LogP contribution in [0.3, 0.4) is 0 Å². The Morgan fingerprint density at radius 3 is 2.43 bits per heavy atom. The number of hydrogen-bond donors (Lipinski definition) is 0. The Kier molecular flexibility index (Phi) is 3.12. The van der Waals surface area contributed by atoms with Gasteiger partial charge in [0.25, 0.3) is 0 Å². The third-order valence-electron chi connectivity index (χ3n) is 1.91. The molecule has 0 spiro atoms. The van der Waals surface area contributed by atoms with E-state index in [0.717, 1.165) is 11.3 Å². The van der Waals surface area contributed by atoms with Crippen LogP contribution in [0.1, 0.15) is 12.5 Å². The van der Waals surface area contributed by atoms with E-state index in [2.05, 4.69) is 0 Å². The topological polar surface area (TPSA) is 29.5 Å². The molecule has 0 bridgehead atoms. The summed E-state index contributed by atoms with van der Waals surface area (Å²) in [6, 6.07) is 5.59. The average molecular weight is 193 g/mol. The standard InChI is InChI=1S/C11H15NO2/c1-8-7-10(14-9(2)13)5-6-11(8)12(3)4/h5-7H,1-4H3. The number of carbonyl (C=O) groups is 1. The van der Waals surface area contributed by atoms with Gasteiger partial charge >= 0.3 is 5.97 Å². The van der Waals surface area contributed by atoms with Crippen LogP contribution in [0.5, 0.6) is 5.75 Å². The fourth-order valence-electron chi connectivity index (χ4n) is 1.36. The Morgan fingerprint density at radius 1 is 1.36 bits per heavy atom. The Balaban J connectivity index is 2.94. The van der Waals surface area contributed by atoms with Crippen LogP contribution in [0, 0.1) is 6.92 Å². The summed E-state index contributed by atoms with van der Waals surface area (Å²) in [6.07, 6.45) is 0. The quantitative estimate of drug-likeness (QED) is 0.531. The van der Waals surface area contributed by atoms with Crippen molar-refractivity contribution >= 4 is 11.7 Å². The van der Waals surface area contributed by atoms with Gasteiger partial charge in [0.2, 0.25) is 0 Å². The highest BCUT2D eigenvalue weighted by atomic mass is 16.5. The molecule has 0 radical (unpaired) electrons. The van der Waals surface area contributed by atoms with E-state index >= 15 is 0 Å². The molecule has 0 unspecified atom stereocenters. The van der Waals surface area contributed by atoms with Crippen LogP contribution in [0.25, 0.3) is 0 Å². The summed E-state index contributed by atoms with van der Waals surface area (Å²) in [5.41, 5.74) is 2.22. The maximum absolute atomic E-state index is 10.7. The fourth-order valence-corrected chi connectivity index (χ4v) is 1.36. The molecule has 0 N–H and O–H groups in total. The maximum Gasteiger partial charge on any atom is 0.308 e. The molecule has 0 atom stereocenters. The largest absolute Gasteiger partial charge is 0.427 e. The summed E-state index contributed by atoms with van der Waals surface area (Å²) in [5.74, 6) is 0.308. The van der Waals surface area contributed by atoms with Gasteiger partial charge < -0.3 is 9.64 Å². The molecular weight excluding hydrogens is 178 g/mol. The van der Waals surface area contributed by atoms with Gasteiger partial charge in [-0.3, -0.25) is 4.79 Å². The summed E-state index contributed by atoms with van der Waals surface area (Å²) in [4.78, 5) is 12.7. The van der Waals surface area contributed by atoms with E-state index in [9.17, 15) is 4.79 Å². The molecule has 76 valence electrons. The van der Waals surface area contributed by atoms with E-state index in [1.807, 2.05) is 38.1 Å². The van der Waals surface area contributed by atoms with Crippen LogP contribution < -0.4 is 9.64 Å². The van der Waals surface area contributed by atoms with Gasteiger partial charge in [-0.1, -0.05) is 0 Å². The van der Waals surface area contributed by atoms with E-state index < -0.39 is 0 Å². The van der Waals surface area contributed by atoms with Crippen molar-refractivity contribution < 1.29 is 9.53 Å². The van der Waals surface area contributed by atoms with Crippen LogP contribution in [0.4, 0.5) is 5.69 Å². The molecular formula is C11H15NO2. The number of rotatable bonds is 2. The molecule has 0 saturated carbocycles. The third kappa shape index (κ3) is 2.49. The summed E-state index contributed by atoms with van der Waals surface area (Å²) in [7, 11) is 3.96. The van der Waals surface area contributed by atoms with Crippen LogP contribution in [-0.4, -0.2) is 20.1 Å². The van der Waals surface area contributed by atoms with Crippen molar-refractivity contribution in [1.29, 1.82) is 0 Å². The highest BCUT2D eigenvalue weighted by Crippen LogP contribution is 2.23. The predicted molar refractivity (Wildman–Crippen MR) is 56.8 cm³/mol. The second kappa shape index (κ2) is 4.13. The van der Waals surface area contributed by atoms with Gasteiger partial charge in [0, 0.05) is 26.7 Å². The highest BCUT2D eigenvalue weighted by Gasteiger charge is 2.03. The smallest absolute Gasteiger partial charge is 0.308 e. The second-order valence-electron chi connectivity index (χ2n) is 3.44. The third-order valence-corrected chi connectivity index (χ3v) is 1.91. The molecule has 1 aromatic rings. The summed E-state index contributed by atoms with van der Waals surface area (Å²) in [6.45, 7) is 3.39. The molecule has 0 heterocycles. The Morgan fingerprint density at radius 2 is 2.00 bits per heavy atom. The lowest BCUT2D eigenvalue weighted by molar-refractivity contribution is -0.131. The first-order valence-corrected chi connectivity index (χ1v) is 4.47. The lowest BCUT2D eigenvalue weighted by Crippen LogP contribution is -2.10. The van der Waals surface area contributed by atoms with E-state index in [1.54, 1.807) is 6.07 Å². The molecule has 0 aliphatic carbocycles. The molecule has 0 fully saturated rings. The van der Waals surface area contributed by atoms with Crippen molar-refractivity contribution in [3.05, 3.63) is 23.8 Å². The van der Waals surface area contributed by atoms with Gasteiger partial charge in [-0.05, 0) is 30.7 Å². The normalized spacial score (nSPS) is 9.71. The van der Waals surface area contributed by atoms with Crippen LogP contribution in [0.15, 0.2) is 18.2 Å². The van der Waals surface area contributed by atoms with E-state index in [-0.39, 0.29) is 5.97 Å². The molecule has 3 nitrogen and oxygen atoms in total. The molecule has 1 aromatic carbocycles. The molecule has 0 saturated heterocycles. The monoisotopic (exact) mass is 193 g/mol. The number of benzene rings is 1. The maximum atomic E-state index is 10.7. The minimum atomic E-state index is -0.290. The van der Waals surface area contributed by atoms with Crippen LogP contribution in [-0.2, 0) is 4.79 Å². The summed E-state index contributed by atoms with van der Waals surface area (Å²) in [5, 5.41) is 0. The van der Waals surface area contributed by atoms with E-state index in [4.69, 9.17) is 4.74 Å². The minimum absolute atomic E-state index is 0.290. The van der Waals surface area contributed by atoms with Gasteiger partial charge in [-0.15, -0.1) is 0 Å². The Labute approximate surface area is 84.3 Å². The minimum Gasteiger partial charge on any atom is -0.427 e. The fraction of sp³-hybridized carbons (Fsp3) is 0.364. The first-order valence-electron chi connectivity index (χ1n) is 4.47. The zero-order valence-electron chi connectivity index (χ0n) is 9.00. The predicted octanol–water partition coefficient (Wildman–Crippen LogP) is 1.99. The average Bonchev–Trinajstić information content (AvgIpc) is 2.01. The van der Waals surface area contributed by atoms with E-state index in [0.29, 0.717) is 5.75 Å². The Bertz CT molecular complexity index is 345. The summed E-state index contributed by atoms with van der Waals surface area (Å²) >= 11 is 0. The van der Waals surface area contributed by atoms with Crippen molar-refractivity contribution in [3.63, 3.8) is 0 Å². The molecule has 0 aliphatic heterocycles. The summed E-state index contributed by atoms with van der Waals surface area (Å²) < 4.78 is 4.97. The van der Waals surface area contributed by atoms with Crippen LogP contribution >= 0.6 is 0 Å². The van der Waals surface area contributed by atoms with Crippen molar-refractivity contribution in [1.82, 2.24) is 0 Å². The molecule has 0 amide bonds. The number of nitrogens with zero attached hydrogens (tertiary/aromatic N) is 1. The van der Waals surface area contributed by atoms with Gasteiger partial charge in [0.05, 0.1) is 0 Å². The lowest BCUT2D eigenvalue weighted by atomic mass is 10.2. The number of carbonyl (C=O) groups excluding carboxylic acids is 1. The van der Waals surface area contributed by atoms with Gasteiger partial charge in [0.15, 0.2) is 0 Å². The number of hydrogen-bond acceptors (Lipinski definition) is 3. The second-order valence-corrected chi connectivity index (χ2v) is 3.44. The number of esters is 1. The number of anilines is 1. The Hall–Kier alpha value is -1.51. The molecule has 14 heavy (non-hydrogen) atoms. The highest BCUT2D eigenvalue weighted by molar-refractivity contribution is 5.70. The van der Waals surface area contributed by atoms with Crippen molar-refractivity contribution in [2.45, 2.75) is 13.8 Å². The lowest BCUT2D eigenvalue weighted by Gasteiger charge is -2.15. The van der Waals surface area contributed by atoms with Gasteiger partial charge in [-0.25, -0.2) is 0 Å². The van der Waals surface area contributed by atoms with Crippen molar-refractivity contribution in [3.8, 4) is 5.75 Å². The van der Waals surface area contributed by atoms with Gasteiger partial charge in [-0.2, -0.15) is 0 Å². The first kappa shape index (κ1) is 10.6. The zero-order valence-corrected chi connectivity index (χ0v) is 9.00. The van der Waals surface area contributed by atoms with Crippen LogP contribution in [0.2, 0.25) is 0 Å². The van der Waals surface area contributed by atoms with Crippen molar-refractivity contribution in [2.24, 2.45) is 0 Å². The van der Waals surface area contributed by atoms with E-state index in [1.165, 1.54) is 6.92 Å².